The summed E-state index contributed by atoms with van der Waals surface area (Å²) in [6, 6.07) is 8.01. The van der Waals surface area contributed by atoms with Gasteiger partial charge in [-0.05, 0) is 18.4 Å². The van der Waals surface area contributed by atoms with Crippen LogP contribution in [0.25, 0.3) is 21.4 Å². The molecule has 3 rings (SSSR count). The van der Waals surface area contributed by atoms with E-state index in [0.717, 1.165) is 25.7 Å². The number of para-hydroxylation sites is 1. The first-order chi connectivity index (χ1) is 6.88. The van der Waals surface area contributed by atoms with Gasteiger partial charge in [0.25, 0.3) is 0 Å². The highest BCUT2D eigenvalue weighted by Crippen LogP contribution is 2.34. The van der Waals surface area contributed by atoms with Crippen LogP contribution in [0, 0.1) is 0 Å². The van der Waals surface area contributed by atoms with Crippen LogP contribution >= 0.6 is 23.1 Å². The van der Waals surface area contributed by atoms with Gasteiger partial charge in [0.2, 0.25) is 4.90 Å². The van der Waals surface area contributed by atoms with Crippen molar-refractivity contribution >= 4 is 44.5 Å². The summed E-state index contributed by atoms with van der Waals surface area (Å²) < 4.78 is 6.74. The Morgan fingerprint density at radius 2 is 2.21 bits per heavy atom. The summed E-state index contributed by atoms with van der Waals surface area (Å²) in [6.07, 6.45) is 2.03. The number of hydrogen-bond donors (Lipinski definition) is 0. The van der Waals surface area contributed by atoms with Crippen LogP contribution in [0.4, 0.5) is 0 Å². The molecule has 0 bridgehead atoms. The molecule has 0 saturated heterocycles. The number of furan rings is 1. The van der Waals surface area contributed by atoms with E-state index in [4.69, 9.17) is 4.42 Å². The molecule has 1 aromatic carbocycles. The highest BCUT2D eigenvalue weighted by Gasteiger charge is 2.11. The topological polar surface area (TPSA) is 26.0 Å². The Labute approximate surface area is 88.9 Å². The molecule has 0 radical (unpaired) electrons. The van der Waals surface area contributed by atoms with Crippen molar-refractivity contribution in [1.82, 2.24) is 4.98 Å². The molecule has 0 fully saturated rings. The Bertz CT molecular complexity index is 596. The largest absolute Gasteiger partial charge is 0.444 e. The van der Waals surface area contributed by atoms with Gasteiger partial charge in [-0.25, -0.2) is 4.98 Å². The number of nitrogens with zero attached hydrogens (tertiary/aromatic N) is 1. The summed E-state index contributed by atoms with van der Waals surface area (Å²) in [7, 11) is 0. The molecule has 0 aliphatic heterocycles. The van der Waals surface area contributed by atoms with Gasteiger partial charge in [0, 0.05) is 5.39 Å². The highest BCUT2D eigenvalue weighted by molar-refractivity contribution is 8.00. The molecule has 4 heteroatoms. The van der Waals surface area contributed by atoms with Crippen LogP contribution in [0.1, 0.15) is 0 Å². The van der Waals surface area contributed by atoms with Gasteiger partial charge in [-0.2, -0.15) is 0 Å². The average Bonchev–Trinajstić information content (AvgIpc) is 2.73. The van der Waals surface area contributed by atoms with Gasteiger partial charge < -0.3 is 4.42 Å². The number of thiazole rings is 1. The third-order valence-corrected chi connectivity index (χ3v) is 4.01. The van der Waals surface area contributed by atoms with Crippen molar-refractivity contribution in [3.8, 4) is 0 Å². The van der Waals surface area contributed by atoms with E-state index in [-0.39, 0.29) is 0 Å². The predicted octanol–water partition coefficient (Wildman–Crippen LogP) is 3.76. The molecule has 0 aliphatic rings. The van der Waals surface area contributed by atoms with E-state index in [1.54, 1.807) is 23.1 Å². The lowest BCUT2D eigenvalue weighted by Gasteiger charge is -1.85. The van der Waals surface area contributed by atoms with E-state index in [1.807, 2.05) is 30.5 Å². The summed E-state index contributed by atoms with van der Waals surface area (Å²) in [4.78, 5) is 5.43. The monoisotopic (exact) mass is 221 g/mol. The summed E-state index contributed by atoms with van der Waals surface area (Å²) in [6.45, 7) is 0. The molecular weight excluding hydrogens is 214 g/mol. The zero-order valence-corrected chi connectivity index (χ0v) is 9.11. The summed E-state index contributed by atoms with van der Waals surface area (Å²) in [5.41, 5.74) is 1.92. The molecule has 0 spiro atoms. The smallest absolute Gasteiger partial charge is 0.209 e. The van der Waals surface area contributed by atoms with E-state index < -0.39 is 0 Å². The van der Waals surface area contributed by atoms with Gasteiger partial charge in [-0.1, -0.05) is 35.2 Å². The zero-order chi connectivity index (χ0) is 9.54. The second-order valence-electron chi connectivity index (χ2n) is 2.92. The first-order valence-corrected chi connectivity index (χ1v) is 6.24. The minimum atomic E-state index is 0.925. The Morgan fingerprint density at radius 3 is 3.07 bits per heavy atom. The lowest BCUT2D eigenvalue weighted by Crippen LogP contribution is -1.67. The number of thioether (sulfide) groups is 1. The molecule has 0 amide bonds. The molecule has 70 valence electrons. The van der Waals surface area contributed by atoms with E-state index >= 15 is 0 Å². The molecule has 2 aromatic heterocycles. The lowest BCUT2D eigenvalue weighted by atomic mass is 10.2. The summed E-state index contributed by atoms with van der Waals surface area (Å²) in [5.74, 6) is 0. The van der Waals surface area contributed by atoms with Gasteiger partial charge in [-0.3, -0.25) is 0 Å². The van der Waals surface area contributed by atoms with Crippen molar-refractivity contribution in [3.05, 3.63) is 24.3 Å². The fraction of sp³-hybridized carbons (Fsp3) is 0.100. The first-order valence-electron chi connectivity index (χ1n) is 4.20. The van der Waals surface area contributed by atoms with Crippen LogP contribution in [0.15, 0.2) is 33.0 Å². The maximum atomic E-state index is 5.68. The Hall–Kier alpha value is -1.00. The second kappa shape index (κ2) is 3.00. The molecule has 0 N–H and O–H groups in total. The normalized spacial score (nSPS) is 11.5. The number of hydrogen-bond acceptors (Lipinski definition) is 4. The van der Waals surface area contributed by atoms with Crippen molar-refractivity contribution < 1.29 is 4.42 Å². The van der Waals surface area contributed by atoms with Gasteiger partial charge in [0.1, 0.15) is 11.1 Å². The van der Waals surface area contributed by atoms with Crippen LogP contribution in [0.5, 0.6) is 0 Å². The van der Waals surface area contributed by atoms with Crippen molar-refractivity contribution in [2.45, 2.75) is 4.34 Å². The van der Waals surface area contributed by atoms with E-state index in [0.29, 0.717) is 0 Å². The zero-order valence-electron chi connectivity index (χ0n) is 7.48. The first kappa shape index (κ1) is 8.32. The third kappa shape index (κ3) is 1.07. The number of benzene rings is 1. The van der Waals surface area contributed by atoms with Crippen LogP contribution in [-0.4, -0.2) is 11.2 Å². The maximum Gasteiger partial charge on any atom is 0.209 e. The lowest BCUT2D eigenvalue weighted by molar-refractivity contribution is 0.677. The van der Waals surface area contributed by atoms with Crippen LogP contribution in [-0.2, 0) is 0 Å². The second-order valence-corrected chi connectivity index (χ2v) is 4.93. The average molecular weight is 221 g/mol. The van der Waals surface area contributed by atoms with Crippen LogP contribution < -0.4 is 0 Å². The molecule has 3 aromatic rings. The Balaban J connectivity index is 2.45. The molecule has 0 atom stereocenters. The highest BCUT2D eigenvalue weighted by atomic mass is 32.2. The fourth-order valence-corrected chi connectivity index (χ4v) is 2.89. The molecule has 0 unspecified atom stereocenters. The molecule has 14 heavy (non-hydrogen) atoms. The van der Waals surface area contributed by atoms with Crippen LogP contribution in [0.3, 0.4) is 0 Å². The van der Waals surface area contributed by atoms with Crippen molar-refractivity contribution in [1.29, 1.82) is 0 Å². The van der Waals surface area contributed by atoms with Crippen molar-refractivity contribution in [2.75, 3.05) is 6.26 Å². The summed E-state index contributed by atoms with van der Waals surface area (Å²) in [5, 5.41) is 1.11. The Morgan fingerprint density at radius 1 is 1.36 bits per heavy atom. The van der Waals surface area contributed by atoms with Gasteiger partial charge in [0.15, 0.2) is 4.34 Å². The fourth-order valence-electron chi connectivity index (χ4n) is 1.47. The van der Waals surface area contributed by atoms with E-state index in [1.165, 1.54) is 0 Å². The number of fused-ring (bicyclic) bond motifs is 3. The van der Waals surface area contributed by atoms with Crippen molar-refractivity contribution in [3.63, 3.8) is 0 Å². The van der Waals surface area contributed by atoms with Gasteiger partial charge in [-0.15, -0.1) is 0 Å². The minimum absolute atomic E-state index is 0.925. The van der Waals surface area contributed by atoms with Gasteiger partial charge >= 0.3 is 0 Å². The minimum Gasteiger partial charge on any atom is -0.444 e. The molecule has 0 saturated carbocycles. The SMILES string of the molecule is CSc1nc2c(oc3ccccc32)s1. The molecule has 2 heterocycles. The van der Waals surface area contributed by atoms with Crippen molar-refractivity contribution in [2.24, 2.45) is 0 Å². The third-order valence-electron chi connectivity index (χ3n) is 2.10. The van der Waals surface area contributed by atoms with E-state index in [2.05, 4.69) is 4.98 Å². The summed E-state index contributed by atoms with van der Waals surface area (Å²) >= 11 is 3.26. The maximum absolute atomic E-state index is 5.68. The molecule has 2 nitrogen and oxygen atoms in total. The predicted molar refractivity (Wildman–Crippen MR) is 61.2 cm³/mol. The standard InChI is InChI=1S/C10H7NOS2/c1-13-10-11-8-6-4-2-3-5-7(6)12-9(8)14-10/h2-5H,1H3. The van der Waals surface area contributed by atoms with Gasteiger partial charge in [0.05, 0.1) is 0 Å². The number of rotatable bonds is 1. The molecule has 0 aliphatic carbocycles. The Kier molecular flexibility index (Phi) is 1.78. The van der Waals surface area contributed by atoms with E-state index in [9.17, 15) is 0 Å². The molecular formula is C10H7NOS2. The quantitative estimate of drug-likeness (QED) is 0.585. The van der Waals surface area contributed by atoms with Crippen LogP contribution in [0.2, 0.25) is 0 Å². The number of aromatic nitrogens is 1.